The lowest BCUT2D eigenvalue weighted by Crippen LogP contribution is -2.16. The van der Waals surface area contributed by atoms with Crippen molar-refractivity contribution in [2.24, 2.45) is 5.92 Å². The summed E-state index contributed by atoms with van der Waals surface area (Å²) < 4.78 is 7.18. The number of esters is 1. The minimum Gasteiger partial charge on any atom is -0.466 e. The molecule has 1 amide bonds. The van der Waals surface area contributed by atoms with Gasteiger partial charge < -0.3 is 19.8 Å². The Morgan fingerprint density at radius 3 is 2.75 bits per heavy atom. The van der Waals surface area contributed by atoms with Crippen LogP contribution in [-0.2, 0) is 27.3 Å². The van der Waals surface area contributed by atoms with Crippen LogP contribution in [0.4, 0.5) is 11.6 Å². The van der Waals surface area contributed by atoms with Crippen LogP contribution in [0.2, 0.25) is 5.02 Å². The standard InChI is InChI=1S/C30H31ClN6O3/c1-2-40-29(38)9-8-23-11-20(18-6-7-18)12-28-35-22(16-37(23)28)15-32-26-14-27(34-17-33-26)36-30(39)25-13-24(25)19-4-3-5-21(31)10-19/h3-5,10-12,14,16-18,24-25H,2,6-9,13,15H2,1H3,(H2,32,33,34,36,39)/t24-,25+/m1/s1. The normalized spacial score (nSPS) is 17.9. The van der Waals surface area contributed by atoms with E-state index in [1.54, 1.807) is 6.07 Å². The average Bonchev–Trinajstić information content (AvgIpc) is 3.87. The molecule has 4 aromatic rings. The summed E-state index contributed by atoms with van der Waals surface area (Å²) >= 11 is 6.11. The van der Waals surface area contributed by atoms with Gasteiger partial charge in [0.2, 0.25) is 5.91 Å². The Balaban J connectivity index is 1.10. The molecule has 10 heteroatoms. The van der Waals surface area contributed by atoms with Gasteiger partial charge in [0.25, 0.3) is 0 Å². The number of hydrogen-bond donors (Lipinski definition) is 2. The van der Waals surface area contributed by atoms with Gasteiger partial charge in [-0.1, -0.05) is 23.7 Å². The molecule has 3 aromatic heterocycles. The lowest BCUT2D eigenvalue weighted by molar-refractivity contribution is -0.143. The van der Waals surface area contributed by atoms with Crippen LogP contribution in [0.15, 0.2) is 55.0 Å². The molecule has 2 saturated carbocycles. The molecule has 2 fully saturated rings. The highest BCUT2D eigenvalue weighted by molar-refractivity contribution is 6.30. The molecular weight excluding hydrogens is 528 g/mol. The number of ether oxygens (including phenoxy) is 1. The first-order valence-electron chi connectivity index (χ1n) is 13.8. The van der Waals surface area contributed by atoms with Crippen molar-refractivity contribution in [3.8, 4) is 0 Å². The molecule has 2 N–H and O–H groups in total. The number of nitrogens with zero attached hydrogens (tertiary/aromatic N) is 4. The van der Waals surface area contributed by atoms with E-state index in [1.807, 2.05) is 37.4 Å². The number of halogens is 1. The number of amides is 1. The van der Waals surface area contributed by atoms with Gasteiger partial charge in [0.05, 0.1) is 25.3 Å². The van der Waals surface area contributed by atoms with Crippen LogP contribution in [0, 0.1) is 5.92 Å². The highest BCUT2D eigenvalue weighted by Gasteiger charge is 2.44. The number of aryl methyl sites for hydroxylation is 1. The molecule has 2 atom stereocenters. The van der Waals surface area contributed by atoms with Crippen LogP contribution >= 0.6 is 11.6 Å². The molecule has 40 heavy (non-hydrogen) atoms. The number of benzene rings is 1. The van der Waals surface area contributed by atoms with Crippen molar-refractivity contribution in [1.82, 2.24) is 19.4 Å². The van der Waals surface area contributed by atoms with Gasteiger partial charge in [-0.25, -0.2) is 15.0 Å². The number of pyridine rings is 1. The fourth-order valence-electron chi connectivity index (χ4n) is 5.14. The van der Waals surface area contributed by atoms with Crippen molar-refractivity contribution >= 4 is 40.8 Å². The number of fused-ring (bicyclic) bond motifs is 1. The molecule has 1 aromatic carbocycles. The van der Waals surface area contributed by atoms with Gasteiger partial charge in [0.1, 0.15) is 23.6 Å². The average molecular weight is 559 g/mol. The van der Waals surface area contributed by atoms with Crippen molar-refractivity contribution in [3.05, 3.63) is 82.5 Å². The maximum absolute atomic E-state index is 12.8. The summed E-state index contributed by atoms with van der Waals surface area (Å²) in [6.07, 6.45) is 7.52. The first kappa shape index (κ1) is 26.3. The third-order valence-corrected chi connectivity index (χ3v) is 7.67. The predicted molar refractivity (Wildman–Crippen MR) is 152 cm³/mol. The van der Waals surface area contributed by atoms with Gasteiger partial charge in [-0.05, 0) is 79.8 Å². The lowest BCUT2D eigenvalue weighted by Gasteiger charge is -2.08. The number of hydrogen-bond acceptors (Lipinski definition) is 7. The Bertz CT molecular complexity index is 1570. The van der Waals surface area contributed by atoms with E-state index in [9.17, 15) is 9.59 Å². The number of imidazole rings is 1. The molecule has 2 aliphatic carbocycles. The minimum atomic E-state index is -0.192. The molecule has 0 radical (unpaired) electrons. The smallest absolute Gasteiger partial charge is 0.306 e. The Labute approximate surface area is 237 Å². The summed E-state index contributed by atoms with van der Waals surface area (Å²) in [6.45, 7) is 2.65. The summed E-state index contributed by atoms with van der Waals surface area (Å²) in [5.74, 6) is 1.45. The van der Waals surface area contributed by atoms with Gasteiger partial charge >= 0.3 is 5.97 Å². The molecule has 0 bridgehead atoms. The van der Waals surface area contributed by atoms with E-state index in [2.05, 4.69) is 37.1 Å². The Hall–Kier alpha value is -3.98. The number of rotatable bonds is 11. The van der Waals surface area contributed by atoms with E-state index in [0.717, 1.165) is 29.0 Å². The maximum Gasteiger partial charge on any atom is 0.306 e. The summed E-state index contributed by atoms with van der Waals surface area (Å²) in [6, 6.07) is 13.7. The first-order chi connectivity index (χ1) is 19.5. The Kier molecular flexibility index (Phi) is 7.38. The van der Waals surface area contributed by atoms with Crippen molar-refractivity contribution in [2.75, 3.05) is 17.2 Å². The van der Waals surface area contributed by atoms with Crippen molar-refractivity contribution in [1.29, 1.82) is 0 Å². The number of anilines is 2. The van der Waals surface area contributed by atoms with Crippen molar-refractivity contribution in [3.63, 3.8) is 0 Å². The number of carbonyl (C=O) groups excluding carboxylic acids is 2. The van der Waals surface area contributed by atoms with Gasteiger partial charge in [-0.3, -0.25) is 9.59 Å². The van der Waals surface area contributed by atoms with Crippen molar-refractivity contribution < 1.29 is 14.3 Å². The van der Waals surface area contributed by atoms with Gasteiger partial charge in [-0.15, -0.1) is 0 Å². The van der Waals surface area contributed by atoms with Crippen LogP contribution < -0.4 is 10.6 Å². The highest BCUT2D eigenvalue weighted by atomic mass is 35.5. The van der Waals surface area contributed by atoms with Crippen molar-refractivity contribution in [2.45, 2.75) is 57.4 Å². The van der Waals surface area contributed by atoms with E-state index in [4.69, 9.17) is 21.3 Å². The zero-order valence-electron chi connectivity index (χ0n) is 22.3. The molecule has 0 saturated heterocycles. The second-order valence-electron chi connectivity index (χ2n) is 10.5. The number of nitrogens with one attached hydrogen (secondary N) is 2. The van der Waals surface area contributed by atoms with Crippen LogP contribution in [0.25, 0.3) is 5.65 Å². The third-order valence-electron chi connectivity index (χ3n) is 7.43. The quantitative estimate of drug-likeness (QED) is 0.234. The minimum absolute atomic E-state index is 0.0585. The summed E-state index contributed by atoms with van der Waals surface area (Å²) in [7, 11) is 0. The number of aromatic nitrogens is 4. The van der Waals surface area contributed by atoms with E-state index < -0.39 is 0 Å². The SMILES string of the molecule is CCOC(=O)CCc1cc(C2CC2)cc2nc(CNc3cc(NC(=O)[C@H]4C[C@@H]4c4cccc(Cl)c4)ncn3)cn12. The molecule has 206 valence electrons. The van der Waals surface area contributed by atoms with E-state index in [-0.39, 0.29) is 23.7 Å². The van der Waals surface area contributed by atoms with E-state index in [1.165, 1.54) is 24.7 Å². The molecule has 3 heterocycles. The van der Waals surface area contributed by atoms with E-state index >= 15 is 0 Å². The maximum atomic E-state index is 12.8. The van der Waals surface area contributed by atoms with Gasteiger partial charge in [0.15, 0.2) is 0 Å². The van der Waals surface area contributed by atoms with Crippen LogP contribution in [0.1, 0.15) is 67.0 Å². The summed E-state index contributed by atoms with van der Waals surface area (Å²) in [4.78, 5) is 38.1. The molecular formula is C30H31ClN6O3. The summed E-state index contributed by atoms with van der Waals surface area (Å²) in [5.41, 5.74) is 5.13. The van der Waals surface area contributed by atoms with Crippen LogP contribution in [0.5, 0.6) is 0 Å². The lowest BCUT2D eigenvalue weighted by atomic mass is 10.1. The van der Waals surface area contributed by atoms with Crippen LogP contribution in [0.3, 0.4) is 0 Å². The zero-order chi connectivity index (χ0) is 27.6. The second-order valence-corrected chi connectivity index (χ2v) is 10.9. The molecule has 0 spiro atoms. The van der Waals surface area contributed by atoms with Crippen LogP contribution in [-0.4, -0.2) is 37.8 Å². The summed E-state index contributed by atoms with van der Waals surface area (Å²) in [5, 5.41) is 6.89. The topological polar surface area (TPSA) is 111 Å². The fourth-order valence-corrected chi connectivity index (χ4v) is 5.33. The van der Waals surface area contributed by atoms with Gasteiger partial charge in [0, 0.05) is 28.9 Å². The number of carbonyl (C=O) groups is 2. The highest BCUT2D eigenvalue weighted by Crippen LogP contribution is 2.48. The molecule has 0 aliphatic heterocycles. The monoisotopic (exact) mass is 558 g/mol. The largest absolute Gasteiger partial charge is 0.466 e. The second kappa shape index (κ2) is 11.3. The molecule has 2 aliphatic rings. The Morgan fingerprint density at radius 2 is 1.95 bits per heavy atom. The fraction of sp³-hybridized carbons (Fsp3) is 0.367. The third kappa shape index (κ3) is 6.09. The molecule has 6 rings (SSSR count). The zero-order valence-corrected chi connectivity index (χ0v) is 23.0. The Morgan fingerprint density at radius 1 is 1.10 bits per heavy atom. The first-order valence-corrected chi connectivity index (χ1v) is 14.1. The van der Waals surface area contributed by atoms with E-state index in [0.29, 0.717) is 48.6 Å². The predicted octanol–water partition coefficient (Wildman–Crippen LogP) is 5.51. The molecule has 9 nitrogen and oxygen atoms in total. The van der Waals surface area contributed by atoms with Gasteiger partial charge in [-0.2, -0.15) is 0 Å². The molecule has 0 unspecified atom stereocenters.